The number of hydrogen-bond donors (Lipinski definition) is 2. The molecule has 3 N–H and O–H groups in total. The van der Waals surface area contributed by atoms with Crippen molar-refractivity contribution in [2.24, 2.45) is 0 Å². The van der Waals surface area contributed by atoms with Crippen LogP contribution in [0.25, 0.3) is 5.52 Å². The Morgan fingerprint density at radius 2 is 2.48 bits per heavy atom. The first-order valence-corrected chi connectivity index (χ1v) is 7.66. The number of nitrogen functional groups attached to an aromatic ring is 1. The standard InChI is InChI=1S/C12H15N4O4P/c1-12(6-19-21(17)18)5-4-10(20-12)8-2-3-9-11(13)14-7-15-16(8)9/h2-3,7,10H,4-6H2,1H3,(H2-,13,14,15,17,18)/p+1/t10-,12+/m1/s1. The summed E-state index contributed by atoms with van der Waals surface area (Å²) < 4.78 is 23.2. The fourth-order valence-corrected chi connectivity index (χ4v) is 3.00. The largest absolute Gasteiger partial charge is 0.694 e. The SMILES string of the molecule is C[C@@]1(CO[P+](=O)O)CC[C@H](c2ccc3c(N)ncnn23)O1. The van der Waals surface area contributed by atoms with Crippen molar-refractivity contribution in [1.29, 1.82) is 0 Å². The zero-order valence-corrected chi connectivity index (χ0v) is 12.4. The Labute approximate surface area is 121 Å². The van der Waals surface area contributed by atoms with Crippen LogP contribution in [0.1, 0.15) is 31.6 Å². The molecule has 3 atom stereocenters. The summed E-state index contributed by atoms with van der Waals surface area (Å²) in [5.41, 5.74) is 6.85. The normalized spacial score (nSPS) is 26.4. The third-order valence-corrected chi connectivity index (χ3v) is 4.03. The Hall–Kier alpha value is -1.60. The maximum absolute atomic E-state index is 10.7. The second kappa shape index (κ2) is 5.31. The molecule has 0 radical (unpaired) electrons. The van der Waals surface area contributed by atoms with E-state index in [1.165, 1.54) is 6.33 Å². The van der Waals surface area contributed by atoms with Gasteiger partial charge in [0.2, 0.25) is 0 Å². The number of hydrogen-bond acceptors (Lipinski definition) is 6. The zero-order chi connectivity index (χ0) is 15.0. The number of anilines is 1. The van der Waals surface area contributed by atoms with Crippen LogP contribution >= 0.6 is 8.25 Å². The average Bonchev–Trinajstić information content (AvgIpc) is 3.02. The molecule has 2 aromatic rings. The molecule has 3 rings (SSSR count). The molecular formula is C12H16N4O4P+. The minimum Gasteiger partial charge on any atom is -0.382 e. The molecule has 0 amide bonds. The van der Waals surface area contributed by atoms with Crippen molar-refractivity contribution < 1.29 is 18.7 Å². The van der Waals surface area contributed by atoms with E-state index >= 15 is 0 Å². The molecule has 1 unspecified atom stereocenters. The molecule has 1 saturated heterocycles. The van der Waals surface area contributed by atoms with E-state index in [1.807, 2.05) is 19.1 Å². The summed E-state index contributed by atoms with van der Waals surface area (Å²) in [6.07, 6.45) is 2.75. The first kappa shape index (κ1) is 14.3. The molecule has 0 saturated carbocycles. The van der Waals surface area contributed by atoms with Crippen molar-refractivity contribution in [3.63, 3.8) is 0 Å². The van der Waals surface area contributed by atoms with Crippen molar-refractivity contribution >= 4 is 19.6 Å². The van der Waals surface area contributed by atoms with Gasteiger partial charge in [0, 0.05) is 4.57 Å². The highest BCUT2D eigenvalue weighted by Crippen LogP contribution is 2.40. The molecule has 0 aliphatic carbocycles. The Bertz CT molecular complexity index is 691. The molecule has 9 heteroatoms. The summed E-state index contributed by atoms with van der Waals surface area (Å²) in [5.74, 6) is 0.414. The minimum atomic E-state index is -2.61. The molecule has 1 fully saturated rings. The Balaban J connectivity index is 1.82. The zero-order valence-electron chi connectivity index (χ0n) is 11.5. The predicted octanol–water partition coefficient (Wildman–Crippen LogP) is 1.59. The van der Waals surface area contributed by atoms with Crippen molar-refractivity contribution in [3.05, 3.63) is 24.2 Å². The maximum atomic E-state index is 10.7. The second-order valence-electron chi connectivity index (χ2n) is 5.31. The van der Waals surface area contributed by atoms with Gasteiger partial charge in [-0.3, -0.25) is 0 Å². The van der Waals surface area contributed by atoms with E-state index in [2.05, 4.69) is 10.1 Å². The first-order chi connectivity index (χ1) is 9.98. The van der Waals surface area contributed by atoms with Gasteiger partial charge in [-0.15, -0.1) is 9.42 Å². The van der Waals surface area contributed by atoms with E-state index in [4.69, 9.17) is 19.9 Å². The molecule has 1 aliphatic rings. The van der Waals surface area contributed by atoms with Gasteiger partial charge in [-0.25, -0.2) is 9.50 Å². The summed E-state index contributed by atoms with van der Waals surface area (Å²) in [4.78, 5) is 12.7. The van der Waals surface area contributed by atoms with Crippen LogP contribution in [-0.4, -0.2) is 31.7 Å². The molecule has 21 heavy (non-hydrogen) atoms. The quantitative estimate of drug-likeness (QED) is 0.824. The van der Waals surface area contributed by atoms with Gasteiger partial charge in [-0.1, -0.05) is 0 Å². The lowest BCUT2D eigenvalue weighted by Crippen LogP contribution is -2.29. The Morgan fingerprint density at radius 3 is 3.24 bits per heavy atom. The van der Waals surface area contributed by atoms with Crippen LogP contribution in [0.2, 0.25) is 0 Å². The summed E-state index contributed by atoms with van der Waals surface area (Å²) in [6.45, 7) is 1.95. The summed E-state index contributed by atoms with van der Waals surface area (Å²) in [7, 11) is -2.61. The number of fused-ring (bicyclic) bond motifs is 1. The highest BCUT2D eigenvalue weighted by atomic mass is 31.1. The molecule has 0 bridgehead atoms. The number of aromatic nitrogens is 3. The van der Waals surface area contributed by atoms with Gasteiger partial charge < -0.3 is 10.5 Å². The van der Waals surface area contributed by atoms with Gasteiger partial charge in [0.15, 0.2) is 5.82 Å². The van der Waals surface area contributed by atoms with Crippen LogP contribution in [0.5, 0.6) is 0 Å². The van der Waals surface area contributed by atoms with Crippen LogP contribution in [0.4, 0.5) is 5.82 Å². The molecular weight excluding hydrogens is 295 g/mol. The monoisotopic (exact) mass is 311 g/mol. The van der Waals surface area contributed by atoms with Crippen LogP contribution < -0.4 is 5.73 Å². The summed E-state index contributed by atoms with van der Waals surface area (Å²) in [6, 6.07) is 3.76. The van der Waals surface area contributed by atoms with E-state index in [0.29, 0.717) is 5.82 Å². The fourth-order valence-electron chi connectivity index (χ4n) is 2.62. The maximum Gasteiger partial charge on any atom is 0.694 e. The van der Waals surface area contributed by atoms with Crippen molar-refractivity contribution in [3.8, 4) is 0 Å². The Morgan fingerprint density at radius 1 is 1.67 bits per heavy atom. The van der Waals surface area contributed by atoms with Crippen LogP contribution in [0, 0.1) is 0 Å². The minimum absolute atomic E-state index is 0.0790. The second-order valence-corrected chi connectivity index (χ2v) is 6.04. The number of nitrogens with zero attached hydrogens (tertiary/aromatic N) is 3. The van der Waals surface area contributed by atoms with Gasteiger partial charge in [-0.05, 0) is 31.9 Å². The van der Waals surface area contributed by atoms with Crippen LogP contribution in [0.3, 0.4) is 0 Å². The highest BCUT2D eigenvalue weighted by molar-refractivity contribution is 7.32. The van der Waals surface area contributed by atoms with E-state index in [0.717, 1.165) is 24.1 Å². The third-order valence-electron chi connectivity index (χ3n) is 3.68. The van der Waals surface area contributed by atoms with Gasteiger partial charge in [0.05, 0.1) is 11.3 Å². The van der Waals surface area contributed by atoms with E-state index < -0.39 is 13.9 Å². The van der Waals surface area contributed by atoms with E-state index in [1.54, 1.807) is 4.52 Å². The number of nitrogens with two attached hydrogens (primary N) is 1. The lowest BCUT2D eigenvalue weighted by molar-refractivity contribution is -0.0578. The van der Waals surface area contributed by atoms with Gasteiger partial charge in [-0.2, -0.15) is 5.10 Å². The van der Waals surface area contributed by atoms with Crippen molar-refractivity contribution in [1.82, 2.24) is 14.6 Å². The fraction of sp³-hybridized carbons (Fsp3) is 0.500. The molecule has 2 aromatic heterocycles. The molecule has 0 spiro atoms. The molecule has 0 aromatic carbocycles. The number of rotatable bonds is 4. The van der Waals surface area contributed by atoms with E-state index in [9.17, 15) is 4.57 Å². The topological polar surface area (TPSA) is 112 Å². The number of ether oxygens (including phenoxy) is 1. The van der Waals surface area contributed by atoms with Crippen LogP contribution in [0.15, 0.2) is 18.5 Å². The van der Waals surface area contributed by atoms with Crippen LogP contribution in [-0.2, 0) is 13.8 Å². The Kier molecular flexibility index (Phi) is 3.62. The smallest absolute Gasteiger partial charge is 0.382 e. The van der Waals surface area contributed by atoms with Gasteiger partial charge >= 0.3 is 8.25 Å². The van der Waals surface area contributed by atoms with E-state index in [-0.39, 0.29) is 12.7 Å². The van der Waals surface area contributed by atoms with Crippen molar-refractivity contribution in [2.45, 2.75) is 31.5 Å². The lowest BCUT2D eigenvalue weighted by Gasteiger charge is -2.21. The summed E-state index contributed by atoms with van der Waals surface area (Å²) in [5, 5.41) is 4.20. The lowest BCUT2D eigenvalue weighted by atomic mass is 10.0. The molecule has 3 heterocycles. The molecule has 8 nitrogen and oxygen atoms in total. The molecule has 112 valence electrons. The molecule has 1 aliphatic heterocycles. The summed E-state index contributed by atoms with van der Waals surface area (Å²) >= 11 is 0. The van der Waals surface area contributed by atoms with Gasteiger partial charge in [0.25, 0.3) is 0 Å². The predicted molar refractivity (Wildman–Crippen MR) is 74.6 cm³/mol. The third kappa shape index (κ3) is 2.75. The first-order valence-electron chi connectivity index (χ1n) is 6.53. The highest BCUT2D eigenvalue weighted by Gasteiger charge is 2.40. The average molecular weight is 311 g/mol. The van der Waals surface area contributed by atoms with Crippen molar-refractivity contribution in [2.75, 3.05) is 12.3 Å². The van der Waals surface area contributed by atoms with Gasteiger partial charge in [0.1, 0.15) is 24.6 Å².